The number of pyridine rings is 1. The highest BCUT2D eigenvalue weighted by Gasteiger charge is 2.07. The molecule has 0 bridgehead atoms. The molecule has 0 spiro atoms. The topological polar surface area (TPSA) is 35.8 Å². The lowest BCUT2D eigenvalue weighted by Crippen LogP contribution is -1.94. The molecule has 0 radical (unpaired) electrons. The number of rotatable bonds is 2. The first-order valence-electron chi connectivity index (χ1n) is 4.32. The highest BCUT2D eigenvalue weighted by Crippen LogP contribution is 2.28. The molecule has 4 nitrogen and oxygen atoms in total. The van der Waals surface area contributed by atoms with Crippen LogP contribution >= 0.6 is 0 Å². The zero-order chi connectivity index (χ0) is 10.1. The van der Waals surface area contributed by atoms with Crippen molar-refractivity contribution in [2.75, 3.05) is 14.2 Å². The van der Waals surface area contributed by atoms with Crippen molar-refractivity contribution in [3.05, 3.63) is 24.0 Å². The van der Waals surface area contributed by atoms with Gasteiger partial charge in [0.1, 0.15) is 0 Å². The van der Waals surface area contributed by atoms with Crippen molar-refractivity contribution in [3.8, 4) is 11.5 Å². The van der Waals surface area contributed by atoms with E-state index in [0.717, 1.165) is 16.8 Å². The molecule has 0 saturated carbocycles. The van der Waals surface area contributed by atoms with Crippen LogP contribution in [-0.2, 0) is 0 Å². The second-order valence-corrected chi connectivity index (χ2v) is 3.07. The lowest BCUT2D eigenvalue weighted by molar-refractivity contribution is 0.353. The Balaban J connectivity index is 2.71. The fourth-order valence-electron chi connectivity index (χ4n) is 1.42. The Morgan fingerprint density at radius 3 is 2.57 bits per heavy atom. The van der Waals surface area contributed by atoms with Gasteiger partial charge in [-0.1, -0.05) is 0 Å². The SMILES string of the molecule is COc1cc2c(C)cnn2cc1OC. The van der Waals surface area contributed by atoms with Gasteiger partial charge < -0.3 is 9.47 Å². The van der Waals surface area contributed by atoms with Crippen LogP contribution in [0.1, 0.15) is 5.56 Å². The lowest BCUT2D eigenvalue weighted by atomic mass is 10.3. The molecule has 0 atom stereocenters. The van der Waals surface area contributed by atoms with Gasteiger partial charge in [-0.25, -0.2) is 4.52 Å². The van der Waals surface area contributed by atoms with Gasteiger partial charge in [-0.15, -0.1) is 0 Å². The smallest absolute Gasteiger partial charge is 0.179 e. The molecule has 0 unspecified atom stereocenters. The maximum absolute atomic E-state index is 5.20. The molecule has 0 amide bonds. The second-order valence-electron chi connectivity index (χ2n) is 3.07. The molecule has 2 rings (SSSR count). The molecule has 0 saturated heterocycles. The minimum absolute atomic E-state index is 0.683. The summed E-state index contributed by atoms with van der Waals surface area (Å²) in [5.74, 6) is 1.41. The van der Waals surface area contributed by atoms with E-state index in [0.29, 0.717) is 5.75 Å². The molecule has 4 heteroatoms. The van der Waals surface area contributed by atoms with Crippen LogP contribution in [-0.4, -0.2) is 23.8 Å². The van der Waals surface area contributed by atoms with E-state index in [1.54, 1.807) is 24.9 Å². The van der Waals surface area contributed by atoms with Crippen molar-refractivity contribution < 1.29 is 9.47 Å². The summed E-state index contributed by atoms with van der Waals surface area (Å²) in [6.07, 6.45) is 3.62. The van der Waals surface area contributed by atoms with Gasteiger partial charge in [0.2, 0.25) is 0 Å². The first kappa shape index (κ1) is 8.87. The van der Waals surface area contributed by atoms with Crippen LogP contribution < -0.4 is 9.47 Å². The van der Waals surface area contributed by atoms with Crippen molar-refractivity contribution in [1.82, 2.24) is 9.61 Å². The summed E-state index contributed by atoms with van der Waals surface area (Å²) in [4.78, 5) is 0. The van der Waals surface area contributed by atoms with E-state index in [1.165, 1.54) is 0 Å². The van der Waals surface area contributed by atoms with E-state index < -0.39 is 0 Å². The van der Waals surface area contributed by atoms with Crippen molar-refractivity contribution in [2.24, 2.45) is 0 Å². The molecule has 2 aromatic rings. The number of hydrogen-bond donors (Lipinski definition) is 0. The highest BCUT2D eigenvalue weighted by atomic mass is 16.5. The largest absolute Gasteiger partial charge is 0.493 e. The van der Waals surface area contributed by atoms with Gasteiger partial charge in [0, 0.05) is 6.07 Å². The van der Waals surface area contributed by atoms with E-state index in [4.69, 9.17) is 9.47 Å². The molecule has 0 N–H and O–H groups in total. The van der Waals surface area contributed by atoms with Crippen LogP contribution in [0.15, 0.2) is 18.5 Å². The summed E-state index contributed by atoms with van der Waals surface area (Å²) in [6.45, 7) is 2.01. The molecule has 2 aromatic heterocycles. The molecular formula is C10H12N2O2. The van der Waals surface area contributed by atoms with Gasteiger partial charge in [0.15, 0.2) is 11.5 Å². The summed E-state index contributed by atoms with van der Waals surface area (Å²) in [6, 6.07) is 1.92. The van der Waals surface area contributed by atoms with Crippen molar-refractivity contribution in [1.29, 1.82) is 0 Å². The monoisotopic (exact) mass is 192 g/mol. The molecule has 0 aromatic carbocycles. The fraction of sp³-hybridized carbons (Fsp3) is 0.300. The van der Waals surface area contributed by atoms with E-state index >= 15 is 0 Å². The Labute approximate surface area is 82.1 Å². The highest BCUT2D eigenvalue weighted by molar-refractivity contribution is 5.59. The molecule has 0 fully saturated rings. The number of nitrogens with zero attached hydrogens (tertiary/aromatic N) is 2. The quantitative estimate of drug-likeness (QED) is 0.726. The Hall–Kier alpha value is -1.71. The van der Waals surface area contributed by atoms with Crippen LogP contribution in [0.5, 0.6) is 11.5 Å². The predicted molar refractivity (Wildman–Crippen MR) is 53.0 cm³/mol. The second kappa shape index (κ2) is 3.21. The van der Waals surface area contributed by atoms with E-state index in [2.05, 4.69) is 5.10 Å². The van der Waals surface area contributed by atoms with Gasteiger partial charge in [0.25, 0.3) is 0 Å². The molecule has 0 aliphatic heterocycles. The summed E-state index contributed by atoms with van der Waals surface area (Å²) in [5.41, 5.74) is 2.15. The number of hydrogen-bond acceptors (Lipinski definition) is 3. The Bertz CT molecular complexity index is 462. The molecular weight excluding hydrogens is 180 g/mol. The normalized spacial score (nSPS) is 10.5. The van der Waals surface area contributed by atoms with Crippen molar-refractivity contribution in [2.45, 2.75) is 6.92 Å². The van der Waals surface area contributed by atoms with Gasteiger partial charge in [-0.05, 0) is 12.5 Å². The number of aromatic nitrogens is 2. The first-order chi connectivity index (χ1) is 6.76. The van der Waals surface area contributed by atoms with Crippen molar-refractivity contribution >= 4 is 5.52 Å². The zero-order valence-corrected chi connectivity index (χ0v) is 8.44. The van der Waals surface area contributed by atoms with Crippen LogP contribution in [0.2, 0.25) is 0 Å². The molecule has 2 heterocycles. The van der Waals surface area contributed by atoms with E-state index in [-0.39, 0.29) is 0 Å². The Morgan fingerprint density at radius 1 is 1.21 bits per heavy atom. The lowest BCUT2D eigenvalue weighted by Gasteiger charge is -2.07. The average molecular weight is 192 g/mol. The Kier molecular flexibility index (Phi) is 2.04. The summed E-state index contributed by atoms with van der Waals surface area (Å²) >= 11 is 0. The molecule has 74 valence electrons. The third-order valence-corrected chi connectivity index (χ3v) is 2.22. The maximum Gasteiger partial charge on any atom is 0.179 e. The summed E-state index contributed by atoms with van der Waals surface area (Å²) in [5, 5.41) is 4.18. The first-order valence-corrected chi connectivity index (χ1v) is 4.32. The van der Waals surface area contributed by atoms with E-state index in [9.17, 15) is 0 Å². The van der Waals surface area contributed by atoms with Crippen LogP contribution in [0, 0.1) is 6.92 Å². The zero-order valence-electron chi connectivity index (χ0n) is 8.44. The van der Waals surface area contributed by atoms with Gasteiger partial charge in [0.05, 0.1) is 32.1 Å². The third kappa shape index (κ3) is 1.19. The minimum atomic E-state index is 0.683. The summed E-state index contributed by atoms with van der Waals surface area (Å²) in [7, 11) is 3.24. The molecule has 14 heavy (non-hydrogen) atoms. The van der Waals surface area contributed by atoms with Crippen LogP contribution in [0.4, 0.5) is 0 Å². The van der Waals surface area contributed by atoms with Crippen molar-refractivity contribution in [3.63, 3.8) is 0 Å². The molecule has 0 aliphatic carbocycles. The van der Waals surface area contributed by atoms with Gasteiger partial charge >= 0.3 is 0 Å². The number of ether oxygens (including phenoxy) is 2. The fourth-order valence-corrected chi connectivity index (χ4v) is 1.42. The maximum atomic E-state index is 5.20. The number of aryl methyl sites for hydroxylation is 1. The number of fused-ring (bicyclic) bond motifs is 1. The van der Waals surface area contributed by atoms with E-state index in [1.807, 2.05) is 19.2 Å². The average Bonchev–Trinajstić information content (AvgIpc) is 2.58. The van der Waals surface area contributed by atoms with Crippen LogP contribution in [0.3, 0.4) is 0 Å². The van der Waals surface area contributed by atoms with Gasteiger partial charge in [-0.3, -0.25) is 0 Å². The molecule has 0 aliphatic rings. The van der Waals surface area contributed by atoms with Gasteiger partial charge in [-0.2, -0.15) is 5.10 Å². The summed E-state index contributed by atoms with van der Waals surface area (Å²) < 4.78 is 12.1. The Morgan fingerprint density at radius 2 is 1.93 bits per heavy atom. The standard InChI is InChI=1S/C10H12N2O2/c1-7-5-11-12-6-10(14-3)9(13-2)4-8(7)12/h4-6H,1-3H3. The minimum Gasteiger partial charge on any atom is -0.493 e. The third-order valence-electron chi connectivity index (χ3n) is 2.22. The number of methoxy groups -OCH3 is 2. The van der Waals surface area contributed by atoms with Crippen LogP contribution in [0.25, 0.3) is 5.52 Å². The predicted octanol–water partition coefficient (Wildman–Crippen LogP) is 1.66.